The third kappa shape index (κ3) is 4.75. The summed E-state index contributed by atoms with van der Waals surface area (Å²) in [6.45, 7) is 9.06. The van der Waals surface area contributed by atoms with E-state index in [0.717, 1.165) is 42.4 Å². The summed E-state index contributed by atoms with van der Waals surface area (Å²) in [6, 6.07) is 7.51. The van der Waals surface area contributed by atoms with Crippen LogP contribution in [0.2, 0.25) is 0 Å². The number of carbonyl (C=O) groups excluding carboxylic acids is 2. The number of hydrogen-bond acceptors (Lipinski definition) is 6. The number of amides is 1. The molecule has 1 heterocycles. The van der Waals surface area contributed by atoms with Crippen molar-refractivity contribution in [3.63, 3.8) is 0 Å². The van der Waals surface area contributed by atoms with Gasteiger partial charge in [0.1, 0.15) is 5.69 Å². The third-order valence-corrected chi connectivity index (χ3v) is 8.41. The Morgan fingerprint density at radius 3 is 2.71 bits per heavy atom. The van der Waals surface area contributed by atoms with Gasteiger partial charge in [-0.3, -0.25) is 14.4 Å². The fraction of sp³-hybridized carbons (Fsp3) is 0.593. The van der Waals surface area contributed by atoms with Crippen molar-refractivity contribution in [1.29, 1.82) is 0 Å². The monoisotopic (exact) mass is 480 g/mol. The Bertz CT molecular complexity index is 1220. The molecule has 0 aliphatic heterocycles. The zero-order chi connectivity index (χ0) is 25.2. The fourth-order valence-corrected chi connectivity index (χ4v) is 5.64. The summed E-state index contributed by atoms with van der Waals surface area (Å²) in [4.78, 5) is 42.0. The molecule has 8 heteroatoms. The summed E-state index contributed by atoms with van der Waals surface area (Å²) >= 11 is 0. The van der Waals surface area contributed by atoms with Crippen LogP contribution in [0.15, 0.2) is 34.2 Å². The highest BCUT2D eigenvalue weighted by molar-refractivity contribution is 5.95. The highest BCUT2D eigenvalue weighted by atomic mass is 16.5. The molecule has 2 saturated carbocycles. The normalized spacial score (nSPS) is 23.7. The van der Waals surface area contributed by atoms with Crippen molar-refractivity contribution in [3.05, 3.63) is 40.3 Å². The highest BCUT2D eigenvalue weighted by Gasteiger charge is 2.60. The molecule has 35 heavy (non-hydrogen) atoms. The Hall–Kier alpha value is -3.03. The molecular formula is C27H36N4O4. The molecule has 8 nitrogen and oxygen atoms in total. The summed E-state index contributed by atoms with van der Waals surface area (Å²) in [6.07, 6.45) is 5.17. The van der Waals surface area contributed by atoms with E-state index in [1.807, 2.05) is 24.3 Å². The molecule has 1 N–H and O–H groups in total. The quantitative estimate of drug-likeness (QED) is 0.432. The largest absolute Gasteiger partial charge is 0.455 e. The molecule has 2 aromatic rings. The Morgan fingerprint density at radius 1 is 1.26 bits per heavy atom. The maximum absolute atomic E-state index is 13.0. The first kappa shape index (κ1) is 25.1. The van der Waals surface area contributed by atoms with Crippen LogP contribution in [0, 0.1) is 16.7 Å². The number of hydrazone groups is 1. The summed E-state index contributed by atoms with van der Waals surface area (Å²) in [7, 11) is 0. The maximum atomic E-state index is 13.0. The number of aromatic nitrogens is 2. The summed E-state index contributed by atoms with van der Waals surface area (Å²) in [5.41, 5.74) is 5.44. The Kier molecular flexibility index (Phi) is 7.10. The van der Waals surface area contributed by atoms with Crippen LogP contribution in [0.1, 0.15) is 71.9 Å². The zero-order valence-corrected chi connectivity index (χ0v) is 21.2. The van der Waals surface area contributed by atoms with E-state index in [2.05, 4.69) is 43.2 Å². The van der Waals surface area contributed by atoms with Gasteiger partial charge < -0.3 is 9.30 Å². The van der Waals surface area contributed by atoms with Crippen LogP contribution < -0.4 is 11.0 Å². The average molecular weight is 481 g/mol. The summed E-state index contributed by atoms with van der Waals surface area (Å²) < 4.78 is 6.87. The molecule has 1 aromatic heterocycles. The van der Waals surface area contributed by atoms with Crippen LogP contribution in [0.3, 0.4) is 0 Å². The van der Waals surface area contributed by atoms with Crippen LogP contribution in [-0.4, -0.2) is 33.7 Å². The fourth-order valence-electron chi connectivity index (χ4n) is 5.64. The smallest absolute Gasteiger partial charge is 0.306 e. The van der Waals surface area contributed by atoms with Gasteiger partial charge in [0.2, 0.25) is 0 Å². The first-order valence-electron chi connectivity index (χ1n) is 12.7. The first-order chi connectivity index (χ1) is 16.7. The molecule has 2 aliphatic rings. The third-order valence-electron chi connectivity index (χ3n) is 8.41. The molecule has 0 spiro atoms. The van der Waals surface area contributed by atoms with Crippen molar-refractivity contribution in [2.24, 2.45) is 21.8 Å². The standard InChI is InChI=1S/C27H36N4O4/c1-5-6-15-31-21-10-8-7-9-19(21)28-20(25(31)34)11-12-24(33)35-17-23(32)30-29-22-16-18-13-14-27(22,4)26(18,2)3/h7-10,18H,5-6,11-17H2,1-4H3,(H,30,32)/b29-22+. The molecule has 0 radical (unpaired) electrons. The number of nitrogens with zero attached hydrogens (tertiary/aromatic N) is 3. The van der Waals surface area contributed by atoms with E-state index >= 15 is 0 Å². The van der Waals surface area contributed by atoms with Crippen LogP contribution in [0.4, 0.5) is 0 Å². The van der Waals surface area contributed by atoms with Gasteiger partial charge in [-0.25, -0.2) is 10.4 Å². The van der Waals surface area contributed by atoms with Gasteiger partial charge >= 0.3 is 5.97 Å². The van der Waals surface area contributed by atoms with Gasteiger partial charge in [-0.2, -0.15) is 5.10 Å². The average Bonchev–Trinajstić information content (AvgIpc) is 3.18. The van der Waals surface area contributed by atoms with E-state index in [1.54, 1.807) is 4.57 Å². The molecule has 1 amide bonds. The van der Waals surface area contributed by atoms with E-state index in [4.69, 9.17) is 4.74 Å². The second-order valence-corrected chi connectivity index (χ2v) is 10.6. The topological polar surface area (TPSA) is 103 Å². The summed E-state index contributed by atoms with van der Waals surface area (Å²) in [5, 5.41) is 4.39. The van der Waals surface area contributed by atoms with Crippen LogP contribution in [0.25, 0.3) is 11.0 Å². The highest BCUT2D eigenvalue weighted by Crippen LogP contribution is 2.63. The maximum Gasteiger partial charge on any atom is 0.306 e. The molecule has 2 aliphatic carbocycles. The number of fused-ring (bicyclic) bond motifs is 3. The number of aryl methyl sites for hydroxylation is 2. The van der Waals surface area contributed by atoms with Crippen molar-refractivity contribution in [3.8, 4) is 0 Å². The van der Waals surface area contributed by atoms with Crippen molar-refractivity contribution < 1.29 is 14.3 Å². The zero-order valence-electron chi connectivity index (χ0n) is 21.2. The van der Waals surface area contributed by atoms with E-state index < -0.39 is 18.5 Å². The molecule has 2 bridgehead atoms. The van der Waals surface area contributed by atoms with Gasteiger partial charge in [0.25, 0.3) is 11.5 Å². The molecule has 1 aromatic carbocycles. The number of esters is 1. The van der Waals surface area contributed by atoms with E-state index in [0.29, 0.717) is 18.2 Å². The predicted molar refractivity (Wildman–Crippen MR) is 135 cm³/mol. The predicted octanol–water partition coefficient (Wildman–Crippen LogP) is 3.99. The van der Waals surface area contributed by atoms with Crippen molar-refractivity contribution >= 4 is 28.6 Å². The van der Waals surface area contributed by atoms with Crippen molar-refractivity contribution in [2.75, 3.05) is 6.61 Å². The van der Waals surface area contributed by atoms with E-state index in [1.165, 1.54) is 6.42 Å². The number of para-hydroxylation sites is 2. The van der Waals surface area contributed by atoms with Gasteiger partial charge in [0.05, 0.1) is 17.5 Å². The number of benzene rings is 1. The molecular weight excluding hydrogens is 444 g/mol. The summed E-state index contributed by atoms with van der Waals surface area (Å²) in [5.74, 6) is -0.410. The number of hydrogen-bond donors (Lipinski definition) is 1. The lowest BCUT2D eigenvalue weighted by atomic mass is 9.70. The Morgan fingerprint density at radius 2 is 2.03 bits per heavy atom. The molecule has 188 valence electrons. The molecule has 2 unspecified atom stereocenters. The molecule has 2 atom stereocenters. The van der Waals surface area contributed by atoms with Gasteiger partial charge in [-0.05, 0) is 49.1 Å². The van der Waals surface area contributed by atoms with E-state index in [-0.39, 0.29) is 29.2 Å². The number of carbonyl (C=O) groups is 2. The lowest BCUT2D eigenvalue weighted by Gasteiger charge is -2.34. The number of rotatable bonds is 9. The Labute approximate surface area is 206 Å². The lowest BCUT2D eigenvalue weighted by Crippen LogP contribution is -2.35. The number of unbranched alkanes of at least 4 members (excludes halogenated alkanes) is 1. The van der Waals surface area contributed by atoms with Gasteiger partial charge in [0.15, 0.2) is 6.61 Å². The second kappa shape index (κ2) is 9.91. The Balaban J connectivity index is 1.32. The van der Waals surface area contributed by atoms with Crippen LogP contribution in [-0.2, 0) is 27.3 Å². The lowest BCUT2D eigenvalue weighted by molar-refractivity contribution is -0.148. The van der Waals surface area contributed by atoms with Gasteiger partial charge in [-0.1, -0.05) is 46.2 Å². The molecule has 4 rings (SSSR count). The van der Waals surface area contributed by atoms with Gasteiger partial charge in [0, 0.05) is 24.1 Å². The van der Waals surface area contributed by atoms with Crippen LogP contribution in [0.5, 0.6) is 0 Å². The molecule has 0 saturated heterocycles. The van der Waals surface area contributed by atoms with Crippen molar-refractivity contribution in [1.82, 2.24) is 15.0 Å². The number of ether oxygens (including phenoxy) is 1. The number of nitrogens with one attached hydrogen (secondary N) is 1. The SMILES string of the molecule is CCCCn1c(=O)c(CCC(=O)OCC(=O)N/N=C2\CC3CCC2(C)C3(C)C)nc2ccccc21. The van der Waals surface area contributed by atoms with Crippen molar-refractivity contribution in [2.45, 2.75) is 79.2 Å². The minimum Gasteiger partial charge on any atom is -0.455 e. The first-order valence-corrected chi connectivity index (χ1v) is 12.7. The minimum absolute atomic E-state index is 0.00148. The van der Waals surface area contributed by atoms with Crippen LogP contribution >= 0.6 is 0 Å². The second-order valence-electron chi connectivity index (χ2n) is 10.6. The minimum atomic E-state index is -0.546. The van der Waals surface area contributed by atoms with Gasteiger partial charge in [-0.15, -0.1) is 0 Å². The van der Waals surface area contributed by atoms with E-state index in [9.17, 15) is 14.4 Å². The molecule has 2 fully saturated rings.